The lowest BCUT2D eigenvalue weighted by Crippen LogP contribution is -2.29. The molecule has 5 heteroatoms. The summed E-state index contributed by atoms with van der Waals surface area (Å²) in [5, 5.41) is 3.21. The van der Waals surface area contributed by atoms with E-state index in [1.807, 2.05) is 0 Å². The number of sulfone groups is 1. The van der Waals surface area contributed by atoms with Gasteiger partial charge in [-0.15, -0.1) is 0 Å². The predicted molar refractivity (Wildman–Crippen MR) is 70.0 cm³/mol. The average Bonchev–Trinajstić information content (AvgIpc) is 2.77. The summed E-state index contributed by atoms with van der Waals surface area (Å²) >= 11 is 0. The van der Waals surface area contributed by atoms with Crippen LogP contribution in [0.5, 0.6) is 0 Å². The lowest BCUT2D eigenvalue weighted by atomic mass is 10.1. The van der Waals surface area contributed by atoms with Crippen LogP contribution in [0.4, 0.5) is 0 Å². The van der Waals surface area contributed by atoms with Crippen molar-refractivity contribution in [3.63, 3.8) is 0 Å². The molecule has 1 heterocycles. The molecule has 0 aromatic rings. The first-order chi connectivity index (χ1) is 8.14. The van der Waals surface area contributed by atoms with Crippen molar-refractivity contribution in [1.29, 1.82) is 0 Å². The Bertz CT molecular complexity index is 284. The summed E-state index contributed by atoms with van der Waals surface area (Å²) in [6.45, 7) is 5.20. The largest absolute Gasteiger partial charge is 0.381 e. The van der Waals surface area contributed by atoms with E-state index < -0.39 is 9.84 Å². The standard InChI is InChI=1S/C12H25NO3S/c1-2-3-4-8-17(14,15)9-6-13-10-12-5-7-16-11-12/h12-13H,2-11H2,1H3. The number of hydrogen-bond acceptors (Lipinski definition) is 4. The molecule has 17 heavy (non-hydrogen) atoms. The van der Waals surface area contributed by atoms with E-state index in [1.54, 1.807) is 0 Å². The molecule has 1 fully saturated rings. The van der Waals surface area contributed by atoms with Gasteiger partial charge in [0.25, 0.3) is 0 Å². The van der Waals surface area contributed by atoms with E-state index in [0.717, 1.165) is 45.4 Å². The van der Waals surface area contributed by atoms with Crippen molar-refractivity contribution < 1.29 is 13.2 Å². The van der Waals surface area contributed by atoms with Crippen molar-refractivity contribution in [2.75, 3.05) is 37.8 Å². The van der Waals surface area contributed by atoms with E-state index in [0.29, 0.717) is 18.2 Å². The van der Waals surface area contributed by atoms with Gasteiger partial charge in [-0.25, -0.2) is 8.42 Å². The Kier molecular flexibility index (Phi) is 7.08. The maximum absolute atomic E-state index is 11.6. The third kappa shape index (κ3) is 7.01. The van der Waals surface area contributed by atoms with Crippen LogP contribution < -0.4 is 5.32 Å². The average molecular weight is 263 g/mol. The monoisotopic (exact) mass is 263 g/mol. The zero-order valence-electron chi connectivity index (χ0n) is 10.8. The Hall–Kier alpha value is -0.130. The van der Waals surface area contributed by atoms with Gasteiger partial charge >= 0.3 is 0 Å². The quantitative estimate of drug-likeness (QED) is 0.636. The highest BCUT2D eigenvalue weighted by atomic mass is 32.2. The van der Waals surface area contributed by atoms with E-state index in [-0.39, 0.29) is 5.75 Å². The molecular formula is C12H25NO3S. The van der Waals surface area contributed by atoms with Crippen molar-refractivity contribution in [1.82, 2.24) is 5.32 Å². The minimum atomic E-state index is -2.84. The molecule has 0 aromatic carbocycles. The molecule has 1 N–H and O–H groups in total. The second kappa shape index (κ2) is 8.06. The minimum absolute atomic E-state index is 0.268. The molecule has 1 aliphatic heterocycles. The molecular weight excluding hydrogens is 238 g/mol. The summed E-state index contributed by atoms with van der Waals surface area (Å²) in [7, 11) is -2.84. The Balaban J connectivity index is 2.03. The molecule has 4 nitrogen and oxygen atoms in total. The Morgan fingerprint density at radius 2 is 2.12 bits per heavy atom. The first-order valence-electron chi connectivity index (χ1n) is 6.63. The number of unbranched alkanes of at least 4 members (excludes halogenated alkanes) is 2. The van der Waals surface area contributed by atoms with E-state index in [1.165, 1.54) is 0 Å². The fraction of sp³-hybridized carbons (Fsp3) is 1.00. The Morgan fingerprint density at radius 3 is 2.76 bits per heavy atom. The first-order valence-corrected chi connectivity index (χ1v) is 8.45. The first kappa shape index (κ1) is 14.9. The highest BCUT2D eigenvalue weighted by molar-refractivity contribution is 7.91. The molecule has 1 aliphatic rings. The zero-order chi connectivity index (χ0) is 12.6. The van der Waals surface area contributed by atoms with Crippen molar-refractivity contribution in [2.24, 2.45) is 5.92 Å². The Morgan fingerprint density at radius 1 is 1.29 bits per heavy atom. The minimum Gasteiger partial charge on any atom is -0.381 e. The van der Waals surface area contributed by atoms with Crippen LogP contribution in [0.3, 0.4) is 0 Å². The number of hydrogen-bond donors (Lipinski definition) is 1. The van der Waals surface area contributed by atoms with Gasteiger partial charge in [-0.05, 0) is 18.8 Å². The van der Waals surface area contributed by atoms with Gasteiger partial charge in [0.05, 0.1) is 18.1 Å². The smallest absolute Gasteiger partial charge is 0.151 e. The molecule has 0 aromatic heterocycles. The third-order valence-corrected chi connectivity index (χ3v) is 4.84. The maximum Gasteiger partial charge on any atom is 0.151 e. The second-order valence-corrected chi connectivity index (χ2v) is 7.10. The van der Waals surface area contributed by atoms with E-state index in [9.17, 15) is 8.42 Å². The lowest BCUT2D eigenvalue weighted by Gasteiger charge is -2.09. The molecule has 1 rings (SSSR count). The summed E-state index contributed by atoms with van der Waals surface area (Å²) in [4.78, 5) is 0. The van der Waals surface area contributed by atoms with Crippen LogP contribution in [0, 0.1) is 5.92 Å². The van der Waals surface area contributed by atoms with E-state index >= 15 is 0 Å². The molecule has 0 bridgehead atoms. The summed E-state index contributed by atoms with van der Waals surface area (Å²) in [5.74, 6) is 1.18. The third-order valence-electron chi connectivity index (χ3n) is 3.11. The van der Waals surface area contributed by atoms with Crippen LogP contribution in [0.2, 0.25) is 0 Å². The van der Waals surface area contributed by atoms with Crippen LogP contribution in [-0.2, 0) is 14.6 Å². The molecule has 0 spiro atoms. The molecule has 1 saturated heterocycles. The van der Waals surface area contributed by atoms with Crippen molar-refractivity contribution in [3.8, 4) is 0 Å². The van der Waals surface area contributed by atoms with Gasteiger partial charge in [-0.1, -0.05) is 19.8 Å². The molecule has 0 radical (unpaired) electrons. The number of nitrogens with one attached hydrogen (secondary N) is 1. The van der Waals surface area contributed by atoms with Crippen molar-refractivity contribution in [2.45, 2.75) is 32.6 Å². The molecule has 0 saturated carbocycles. The SMILES string of the molecule is CCCCCS(=O)(=O)CCNCC1CCOC1. The fourth-order valence-electron chi connectivity index (χ4n) is 1.95. The number of ether oxygens (including phenoxy) is 1. The summed E-state index contributed by atoms with van der Waals surface area (Å²) in [6.07, 6.45) is 3.97. The van der Waals surface area contributed by atoms with Crippen LogP contribution in [0.15, 0.2) is 0 Å². The molecule has 1 atom stereocenters. The summed E-state index contributed by atoms with van der Waals surface area (Å²) < 4.78 is 28.5. The Labute approximate surface area is 105 Å². The van der Waals surface area contributed by atoms with Gasteiger partial charge in [0.2, 0.25) is 0 Å². The van der Waals surface area contributed by atoms with Gasteiger partial charge in [0, 0.05) is 19.7 Å². The predicted octanol–water partition coefficient (Wildman–Crippen LogP) is 1.22. The van der Waals surface area contributed by atoms with Crippen LogP contribution in [-0.4, -0.2) is 46.2 Å². The molecule has 0 amide bonds. The van der Waals surface area contributed by atoms with E-state index in [2.05, 4.69) is 12.2 Å². The molecule has 0 aliphatic carbocycles. The van der Waals surface area contributed by atoms with Crippen LogP contribution >= 0.6 is 0 Å². The molecule has 102 valence electrons. The topological polar surface area (TPSA) is 55.4 Å². The maximum atomic E-state index is 11.6. The van der Waals surface area contributed by atoms with Crippen molar-refractivity contribution in [3.05, 3.63) is 0 Å². The van der Waals surface area contributed by atoms with Crippen LogP contribution in [0.25, 0.3) is 0 Å². The highest BCUT2D eigenvalue weighted by Crippen LogP contribution is 2.10. The zero-order valence-corrected chi connectivity index (χ0v) is 11.6. The normalized spacial score (nSPS) is 20.9. The highest BCUT2D eigenvalue weighted by Gasteiger charge is 2.15. The van der Waals surface area contributed by atoms with Crippen molar-refractivity contribution >= 4 is 9.84 Å². The lowest BCUT2D eigenvalue weighted by molar-refractivity contribution is 0.185. The van der Waals surface area contributed by atoms with E-state index in [4.69, 9.17) is 4.74 Å². The van der Waals surface area contributed by atoms with Gasteiger partial charge < -0.3 is 10.1 Å². The summed E-state index contributed by atoms with van der Waals surface area (Å²) in [6, 6.07) is 0. The summed E-state index contributed by atoms with van der Waals surface area (Å²) in [5.41, 5.74) is 0. The van der Waals surface area contributed by atoms with Gasteiger partial charge in [-0.3, -0.25) is 0 Å². The van der Waals surface area contributed by atoms with Gasteiger partial charge in [0.1, 0.15) is 0 Å². The van der Waals surface area contributed by atoms with Gasteiger partial charge in [-0.2, -0.15) is 0 Å². The molecule has 1 unspecified atom stereocenters. The van der Waals surface area contributed by atoms with Gasteiger partial charge in [0.15, 0.2) is 9.84 Å². The second-order valence-electron chi connectivity index (χ2n) is 4.79. The van der Waals surface area contributed by atoms with Crippen LogP contribution in [0.1, 0.15) is 32.6 Å². The number of rotatable bonds is 9. The fourth-order valence-corrected chi connectivity index (χ4v) is 3.26.